The van der Waals surface area contributed by atoms with E-state index in [2.05, 4.69) is 101 Å². The molecule has 1 aromatic rings. The van der Waals surface area contributed by atoms with Gasteiger partial charge in [0.25, 0.3) is 0 Å². The molecule has 0 radical (unpaired) electrons. The van der Waals surface area contributed by atoms with E-state index in [1.54, 1.807) is 0 Å². The zero-order valence-electron chi connectivity index (χ0n) is 18.0. The highest BCUT2D eigenvalue weighted by molar-refractivity contribution is 5.83. The lowest BCUT2D eigenvalue weighted by Gasteiger charge is -2.44. The van der Waals surface area contributed by atoms with Crippen molar-refractivity contribution in [3.63, 3.8) is 0 Å². The monoisotopic (exact) mass is 357 g/mol. The Morgan fingerprint density at radius 2 is 1.27 bits per heavy atom. The second kappa shape index (κ2) is 5.40. The van der Waals surface area contributed by atoms with E-state index >= 15 is 0 Å². The third-order valence-corrected chi connectivity index (χ3v) is 5.68. The van der Waals surface area contributed by atoms with E-state index in [1.165, 1.54) is 11.3 Å². The third-order valence-electron chi connectivity index (χ3n) is 5.68. The van der Waals surface area contributed by atoms with Crippen molar-refractivity contribution in [2.45, 2.75) is 84.5 Å². The predicted molar refractivity (Wildman–Crippen MR) is 109 cm³/mol. The molecule has 144 valence electrons. The van der Waals surface area contributed by atoms with E-state index in [0.29, 0.717) is 0 Å². The SMILES string of the molecule is CC(C)(C)N1CC2(CN(C(C)(C)C)c3ccccc32)N(C(C)(C)C)C1=O. The molecular formula is C22H35N3O. The maximum Gasteiger partial charge on any atom is 0.321 e. The van der Waals surface area contributed by atoms with Crippen LogP contribution in [0, 0.1) is 0 Å². The Hall–Kier alpha value is -1.71. The number of amides is 2. The highest BCUT2D eigenvalue weighted by Gasteiger charge is 2.61. The van der Waals surface area contributed by atoms with Crippen LogP contribution < -0.4 is 4.90 Å². The van der Waals surface area contributed by atoms with Crippen LogP contribution in [0.25, 0.3) is 0 Å². The summed E-state index contributed by atoms with van der Waals surface area (Å²) in [5.41, 5.74) is 1.78. The minimum absolute atomic E-state index is 0.00135. The van der Waals surface area contributed by atoms with Crippen LogP contribution in [0.5, 0.6) is 0 Å². The van der Waals surface area contributed by atoms with Crippen molar-refractivity contribution in [3.05, 3.63) is 29.8 Å². The molecule has 1 atom stereocenters. The fraction of sp³-hybridized carbons (Fsp3) is 0.682. The van der Waals surface area contributed by atoms with Crippen LogP contribution in [-0.4, -0.2) is 45.5 Å². The number of para-hydroxylation sites is 1. The summed E-state index contributed by atoms with van der Waals surface area (Å²) in [6.45, 7) is 21.2. The first-order valence-corrected chi connectivity index (χ1v) is 9.69. The molecule has 1 aromatic carbocycles. The summed E-state index contributed by atoms with van der Waals surface area (Å²) in [4.78, 5) is 20.2. The Bertz CT molecular complexity index is 720. The molecule has 1 saturated heterocycles. The van der Waals surface area contributed by atoms with Gasteiger partial charge in [0, 0.05) is 34.4 Å². The molecule has 1 fully saturated rings. The smallest absolute Gasteiger partial charge is 0.321 e. The fourth-order valence-electron chi connectivity index (χ4n) is 4.62. The number of benzene rings is 1. The van der Waals surface area contributed by atoms with E-state index in [9.17, 15) is 4.79 Å². The molecule has 0 bridgehead atoms. The Morgan fingerprint density at radius 3 is 1.77 bits per heavy atom. The maximum absolute atomic E-state index is 13.6. The number of urea groups is 1. The summed E-state index contributed by atoms with van der Waals surface area (Å²) in [5.74, 6) is 0. The molecule has 2 aliphatic heterocycles. The molecule has 4 heteroatoms. The highest BCUT2D eigenvalue weighted by Crippen LogP contribution is 2.52. The minimum Gasteiger partial charge on any atom is -0.364 e. The van der Waals surface area contributed by atoms with Crippen LogP contribution in [0.1, 0.15) is 67.9 Å². The van der Waals surface area contributed by atoms with Crippen molar-refractivity contribution in [3.8, 4) is 0 Å². The molecule has 0 saturated carbocycles. The van der Waals surface area contributed by atoms with E-state index in [-0.39, 0.29) is 28.2 Å². The molecule has 26 heavy (non-hydrogen) atoms. The number of hydrogen-bond acceptors (Lipinski definition) is 2. The topological polar surface area (TPSA) is 26.8 Å². The third kappa shape index (κ3) is 2.69. The molecule has 3 rings (SSSR count). The van der Waals surface area contributed by atoms with Gasteiger partial charge >= 0.3 is 6.03 Å². The van der Waals surface area contributed by atoms with Crippen LogP contribution >= 0.6 is 0 Å². The number of carbonyl (C=O) groups is 1. The van der Waals surface area contributed by atoms with E-state index in [4.69, 9.17) is 0 Å². The van der Waals surface area contributed by atoms with Gasteiger partial charge < -0.3 is 14.7 Å². The Morgan fingerprint density at radius 1 is 0.769 bits per heavy atom. The van der Waals surface area contributed by atoms with Gasteiger partial charge in [-0.05, 0) is 68.4 Å². The molecule has 1 unspecified atom stereocenters. The largest absolute Gasteiger partial charge is 0.364 e. The van der Waals surface area contributed by atoms with Gasteiger partial charge in [0.1, 0.15) is 5.54 Å². The molecular weight excluding hydrogens is 322 g/mol. The summed E-state index contributed by atoms with van der Waals surface area (Å²) >= 11 is 0. The van der Waals surface area contributed by atoms with E-state index in [0.717, 1.165) is 13.1 Å². The zero-order chi connectivity index (χ0) is 19.7. The van der Waals surface area contributed by atoms with Crippen molar-refractivity contribution < 1.29 is 4.79 Å². The number of fused-ring (bicyclic) bond motifs is 2. The molecule has 2 amide bonds. The highest BCUT2D eigenvalue weighted by atomic mass is 16.2. The van der Waals surface area contributed by atoms with Crippen molar-refractivity contribution in [2.24, 2.45) is 0 Å². The van der Waals surface area contributed by atoms with Gasteiger partial charge in [-0.15, -0.1) is 0 Å². The average Bonchev–Trinajstić information content (AvgIpc) is 2.94. The summed E-state index contributed by atoms with van der Waals surface area (Å²) in [6, 6.07) is 8.80. The average molecular weight is 358 g/mol. The number of carbonyl (C=O) groups excluding carboxylic acids is 1. The van der Waals surface area contributed by atoms with Crippen LogP contribution in [0.2, 0.25) is 0 Å². The Labute approximate surface area is 159 Å². The van der Waals surface area contributed by atoms with Gasteiger partial charge in [0.15, 0.2) is 0 Å². The molecule has 1 spiro atoms. The first kappa shape index (κ1) is 19.1. The van der Waals surface area contributed by atoms with Crippen molar-refractivity contribution >= 4 is 11.7 Å². The standard InChI is InChI=1S/C22H35N3O/c1-19(2,3)23-14-22(16-12-10-11-13-17(16)23)15-24(20(4,5)6)18(26)25(22)21(7,8)9/h10-13H,14-15H2,1-9H3. The van der Waals surface area contributed by atoms with Crippen LogP contribution in [-0.2, 0) is 5.54 Å². The van der Waals surface area contributed by atoms with Crippen molar-refractivity contribution in [2.75, 3.05) is 18.0 Å². The van der Waals surface area contributed by atoms with E-state index < -0.39 is 0 Å². The normalized spacial score (nSPS) is 24.0. The Kier molecular flexibility index (Phi) is 3.96. The van der Waals surface area contributed by atoms with Gasteiger partial charge in [-0.3, -0.25) is 0 Å². The van der Waals surface area contributed by atoms with Crippen LogP contribution in [0.15, 0.2) is 24.3 Å². The van der Waals surface area contributed by atoms with Crippen molar-refractivity contribution in [1.29, 1.82) is 0 Å². The van der Waals surface area contributed by atoms with E-state index in [1.807, 2.05) is 0 Å². The summed E-state index contributed by atoms with van der Waals surface area (Å²) in [6.07, 6.45) is 0. The number of nitrogens with zero attached hydrogens (tertiary/aromatic N) is 3. The lowest BCUT2D eigenvalue weighted by Crippen LogP contribution is -2.57. The first-order valence-electron chi connectivity index (χ1n) is 9.69. The second-order valence-electron chi connectivity index (χ2n) is 10.9. The minimum atomic E-state index is -0.313. The number of rotatable bonds is 0. The lowest BCUT2D eigenvalue weighted by atomic mass is 9.87. The number of anilines is 1. The summed E-state index contributed by atoms with van der Waals surface area (Å²) in [5, 5.41) is 0. The fourth-order valence-corrected chi connectivity index (χ4v) is 4.62. The van der Waals surface area contributed by atoms with Gasteiger partial charge in [0.05, 0.1) is 6.54 Å². The zero-order valence-corrected chi connectivity index (χ0v) is 18.0. The molecule has 0 aromatic heterocycles. The predicted octanol–water partition coefficient (Wildman–Crippen LogP) is 4.84. The quantitative estimate of drug-likeness (QED) is 0.664. The van der Waals surface area contributed by atoms with Crippen LogP contribution in [0.4, 0.5) is 10.5 Å². The molecule has 2 heterocycles. The maximum atomic E-state index is 13.6. The molecule has 4 nitrogen and oxygen atoms in total. The molecule has 2 aliphatic rings. The van der Waals surface area contributed by atoms with Gasteiger partial charge in [-0.2, -0.15) is 0 Å². The van der Waals surface area contributed by atoms with Crippen molar-refractivity contribution in [1.82, 2.24) is 9.80 Å². The molecule has 0 N–H and O–H groups in total. The van der Waals surface area contributed by atoms with Crippen LogP contribution in [0.3, 0.4) is 0 Å². The summed E-state index contributed by atoms with van der Waals surface area (Å²) in [7, 11) is 0. The number of hydrogen-bond donors (Lipinski definition) is 0. The first-order chi connectivity index (χ1) is 11.7. The lowest BCUT2D eigenvalue weighted by molar-refractivity contribution is 0.0839. The second-order valence-corrected chi connectivity index (χ2v) is 10.9. The van der Waals surface area contributed by atoms with Gasteiger partial charge in [-0.25, -0.2) is 4.79 Å². The van der Waals surface area contributed by atoms with Gasteiger partial charge in [-0.1, -0.05) is 18.2 Å². The van der Waals surface area contributed by atoms with Gasteiger partial charge in [0.2, 0.25) is 0 Å². The molecule has 0 aliphatic carbocycles. The summed E-state index contributed by atoms with van der Waals surface area (Å²) < 4.78 is 0. The Balaban J connectivity index is 2.23.